The van der Waals surface area contributed by atoms with Gasteiger partial charge in [-0.05, 0) is 49.9 Å². The quantitative estimate of drug-likeness (QED) is 0.923. The molecule has 1 aromatic rings. The minimum absolute atomic E-state index is 0.0151. The van der Waals surface area contributed by atoms with E-state index in [1.165, 1.54) is 19.3 Å². The molecule has 1 saturated carbocycles. The van der Waals surface area contributed by atoms with Gasteiger partial charge in [0.25, 0.3) is 5.91 Å². The molecule has 24 heavy (non-hydrogen) atoms. The Balaban J connectivity index is 1.65. The van der Waals surface area contributed by atoms with Gasteiger partial charge in [0.15, 0.2) is 0 Å². The Morgan fingerprint density at radius 3 is 2.42 bits per heavy atom. The third-order valence-corrected chi connectivity index (χ3v) is 5.10. The van der Waals surface area contributed by atoms with Crippen LogP contribution in [0.3, 0.4) is 0 Å². The van der Waals surface area contributed by atoms with Gasteiger partial charge >= 0.3 is 0 Å². The lowest BCUT2D eigenvalue weighted by Crippen LogP contribution is -2.49. The van der Waals surface area contributed by atoms with E-state index in [1.54, 1.807) is 36.3 Å². The number of carbonyl (C=O) groups is 2. The molecular formula is C19H26N2O3. The number of rotatable bonds is 4. The average molecular weight is 330 g/mol. The van der Waals surface area contributed by atoms with Crippen molar-refractivity contribution in [3.8, 4) is 5.75 Å². The molecule has 1 atom stereocenters. The summed E-state index contributed by atoms with van der Waals surface area (Å²) in [4.78, 5) is 27.1. The predicted octanol–water partition coefficient (Wildman–Crippen LogP) is 2.75. The summed E-state index contributed by atoms with van der Waals surface area (Å²) in [6.07, 6.45) is 7.38. The van der Waals surface area contributed by atoms with Crippen LogP contribution in [0.15, 0.2) is 24.3 Å². The fraction of sp³-hybridized carbons (Fsp3) is 0.579. The van der Waals surface area contributed by atoms with Crippen molar-refractivity contribution in [1.82, 2.24) is 10.2 Å². The smallest absolute Gasteiger partial charge is 0.254 e. The second-order valence-corrected chi connectivity index (χ2v) is 6.73. The van der Waals surface area contributed by atoms with Gasteiger partial charge < -0.3 is 15.0 Å². The third kappa shape index (κ3) is 3.71. The van der Waals surface area contributed by atoms with Crippen LogP contribution in [0.1, 0.15) is 55.3 Å². The van der Waals surface area contributed by atoms with Crippen molar-refractivity contribution in [2.75, 3.05) is 13.7 Å². The summed E-state index contributed by atoms with van der Waals surface area (Å²) < 4.78 is 5.13. The van der Waals surface area contributed by atoms with Crippen LogP contribution in [0, 0.1) is 0 Å². The standard InChI is InChI=1S/C19H26N2O3/c1-24-16-11-9-14(10-12-16)19(23)21-13-5-8-17(21)18(22)20-15-6-3-2-4-7-15/h9-12,15,17H,2-8,13H2,1H3,(H,20,22)/t17-/m1/s1. The van der Waals surface area contributed by atoms with Crippen LogP contribution in [0.4, 0.5) is 0 Å². The molecule has 0 aromatic heterocycles. The summed E-state index contributed by atoms with van der Waals surface area (Å²) in [6.45, 7) is 0.646. The zero-order valence-electron chi connectivity index (χ0n) is 14.3. The first kappa shape index (κ1) is 16.8. The third-order valence-electron chi connectivity index (χ3n) is 5.10. The Morgan fingerprint density at radius 2 is 1.75 bits per heavy atom. The zero-order valence-corrected chi connectivity index (χ0v) is 14.3. The molecule has 0 spiro atoms. The largest absolute Gasteiger partial charge is 0.497 e. The van der Waals surface area contributed by atoms with Crippen molar-refractivity contribution in [3.05, 3.63) is 29.8 Å². The second kappa shape index (κ2) is 7.69. The van der Waals surface area contributed by atoms with Crippen molar-refractivity contribution in [3.63, 3.8) is 0 Å². The molecule has 5 heteroatoms. The monoisotopic (exact) mass is 330 g/mol. The van der Waals surface area contributed by atoms with Crippen LogP contribution >= 0.6 is 0 Å². The van der Waals surface area contributed by atoms with Crippen LogP contribution in [-0.4, -0.2) is 42.5 Å². The van der Waals surface area contributed by atoms with Gasteiger partial charge in [-0.15, -0.1) is 0 Å². The summed E-state index contributed by atoms with van der Waals surface area (Å²) in [7, 11) is 1.60. The maximum Gasteiger partial charge on any atom is 0.254 e. The molecule has 0 bridgehead atoms. The molecule has 2 amide bonds. The summed E-state index contributed by atoms with van der Waals surface area (Å²) >= 11 is 0. The van der Waals surface area contributed by atoms with E-state index >= 15 is 0 Å². The lowest BCUT2D eigenvalue weighted by molar-refractivity contribution is -0.125. The number of benzene rings is 1. The highest BCUT2D eigenvalue weighted by Crippen LogP contribution is 2.23. The molecule has 0 unspecified atom stereocenters. The lowest BCUT2D eigenvalue weighted by Gasteiger charge is -2.28. The Labute approximate surface area is 143 Å². The van der Waals surface area contributed by atoms with Gasteiger partial charge in [-0.25, -0.2) is 0 Å². The van der Waals surface area contributed by atoms with E-state index in [2.05, 4.69) is 5.32 Å². The van der Waals surface area contributed by atoms with Crippen molar-refractivity contribution >= 4 is 11.8 Å². The number of ether oxygens (including phenoxy) is 1. The van der Waals surface area contributed by atoms with Crippen LogP contribution in [0.25, 0.3) is 0 Å². The van der Waals surface area contributed by atoms with Crippen molar-refractivity contribution in [1.29, 1.82) is 0 Å². The van der Waals surface area contributed by atoms with Gasteiger partial charge in [0.1, 0.15) is 11.8 Å². The van der Waals surface area contributed by atoms with Gasteiger partial charge in [0.05, 0.1) is 7.11 Å². The SMILES string of the molecule is COc1ccc(C(=O)N2CCC[C@@H]2C(=O)NC2CCCCC2)cc1. The number of hydrogen-bond donors (Lipinski definition) is 1. The normalized spacial score (nSPS) is 21.5. The number of amides is 2. The van der Waals surface area contributed by atoms with Crippen LogP contribution in [-0.2, 0) is 4.79 Å². The highest BCUT2D eigenvalue weighted by Gasteiger charge is 2.35. The number of carbonyl (C=O) groups excluding carboxylic acids is 2. The number of hydrogen-bond acceptors (Lipinski definition) is 3. The Morgan fingerprint density at radius 1 is 1.04 bits per heavy atom. The minimum Gasteiger partial charge on any atom is -0.497 e. The number of nitrogens with zero attached hydrogens (tertiary/aromatic N) is 1. The van der Waals surface area contributed by atoms with E-state index in [9.17, 15) is 9.59 Å². The van der Waals surface area contributed by atoms with E-state index in [-0.39, 0.29) is 23.9 Å². The van der Waals surface area contributed by atoms with Gasteiger partial charge in [0, 0.05) is 18.2 Å². The summed E-state index contributed by atoms with van der Waals surface area (Å²) in [5.41, 5.74) is 0.605. The van der Waals surface area contributed by atoms with Crippen molar-refractivity contribution in [2.24, 2.45) is 0 Å². The van der Waals surface area contributed by atoms with Crippen LogP contribution in [0.2, 0.25) is 0 Å². The highest BCUT2D eigenvalue weighted by molar-refractivity contribution is 5.98. The topological polar surface area (TPSA) is 58.6 Å². The molecule has 1 heterocycles. The van der Waals surface area contributed by atoms with E-state index in [0.29, 0.717) is 12.1 Å². The Bertz CT molecular complexity index is 579. The minimum atomic E-state index is -0.332. The molecule has 1 aromatic carbocycles. The molecule has 3 rings (SSSR count). The molecule has 1 saturated heterocycles. The molecule has 2 aliphatic rings. The Hall–Kier alpha value is -2.04. The van der Waals surface area contributed by atoms with E-state index < -0.39 is 0 Å². The first-order valence-electron chi connectivity index (χ1n) is 8.94. The van der Waals surface area contributed by atoms with Gasteiger partial charge in [-0.3, -0.25) is 9.59 Å². The van der Waals surface area contributed by atoms with E-state index in [4.69, 9.17) is 4.74 Å². The molecule has 1 aliphatic carbocycles. The first-order chi connectivity index (χ1) is 11.7. The van der Waals surface area contributed by atoms with E-state index in [1.807, 2.05) is 0 Å². The van der Waals surface area contributed by atoms with Gasteiger partial charge in [-0.1, -0.05) is 19.3 Å². The summed E-state index contributed by atoms with van der Waals surface area (Å²) in [5, 5.41) is 3.16. The molecular weight excluding hydrogens is 304 g/mol. The summed E-state index contributed by atoms with van der Waals surface area (Å²) in [5.74, 6) is 0.666. The highest BCUT2D eigenvalue weighted by atomic mass is 16.5. The fourth-order valence-corrected chi connectivity index (χ4v) is 3.73. The van der Waals surface area contributed by atoms with Crippen LogP contribution < -0.4 is 10.1 Å². The molecule has 2 fully saturated rings. The average Bonchev–Trinajstić information content (AvgIpc) is 3.12. The van der Waals surface area contributed by atoms with Crippen molar-refractivity contribution < 1.29 is 14.3 Å². The van der Waals surface area contributed by atoms with Crippen molar-refractivity contribution in [2.45, 2.75) is 57.0 Å². The zero-order chi connectivity index (χ0) is 16.9. The molecule has 5 nitrogen and oxygen atoms in total. The first-order valence-corrected chi connectivity index (χ1v) is 8.94. The number of nitrogens with one attached hydrogen (secondary N) is 1. The molecule has 130 valence electrons. The number of likely N-dealkylation sites (tertiary alicyclic amines) is 1. The van der Waals surface area contributed by atoms with Crippen LogP contribution in [0.5, 0.6) is 5.75 Å². The van der Waals surface area contributed by atoms with E-state index in [0.717, 1.165) is 31.4 Å². The summed E-state index contributed by atoms with van der Waals surface area (Å²) in [6, 6.07) is 7.03. The van der Waals surface area contributed by atoms with Gasteiger partial charge in [0.2, 0.25) is 5.91 Å². The second-order valence-electron chi connectivity index (χ2n) is 6.73. The Kier molecular flexibility index (Phi) is 5.38. The lowest BCUT2D eigenvalue weighted by atomic mass is 9.95. The fourth-order valence-electron chi connectivity index (χ4n) is 3.73. The van der Waals surface area contributed by atoms with Gasteiger partial charge in [-0.2, -0.15) is 0 Å². The molecule has 1 N–H and O–H groups in total. The maximum atomic E-state index is 12.8. The predicted molar refractivity (Wildman–Crippen MR) is 92.1 cm³/mol. The molecule has 1 aliphatic heterocycles. The molecule has 0 radical (unpaired) electrons. The number of methoxy groups -OCH3 is 1. The maximum absolute atomic E-state index is 12.8.